The Morgan fingerprint density at radius 1 is 1.29 bits per heavy atom. The first-order chi connectivity index (χ1) is 18.3. The monoisotopic (exact) mass is 522 g/mol. The standard InChI is InChI=1S/C30H39FN4O3/c1-6-22(13-14-35-24-10-11-25(35)19-38-18-24)8-7-21(4)27-16-34(17-29(36)32-20(2)3)30(33-27)23-9-12-26(31)28(15-23)37-5/h6-9,12,15-16,20,24-25H,1,10-11,13-14,17-19H2,2-5H3,(H,32,36)/b21-7+,22-8+. The number of aromatic nitrogens is 2. The van der Waals surface area contributed by atoms with Crippen molar-refractivity contribution in [3.05, 3.63) is 66.3 Å². The van der Waals surface area contributed by atoms with Crippen molar-refractivity contribution < 1.29 is 18.7 Å². The number of benzene rings is 1. The first-order valence-electron chi connectivity index (χ1n) is 13.3. The third-order valence-electron chi connectivity index (χ3n) is 7.21. The number of halogens is 1. The Morgan fingerprint density at radius 2 is 2.03 bits per heavy atom. The molecule has 0 spiro atoms. The van der Waals surface area contributed by atoms with E-state index in [1.807, 2.05) is 39.1 Å². The van der Waals surface area contributed by atoms with Gasteiger partial charge in [0, 0.05) is 36.4 Å². The molecule has 2 bridgehead atoms. The number of imidazole rings is 1. The van der Waals surface area contributed by atoms with Gasteiger partial charge in [-0.2, -0.15) is 0 Å². The van der Waals surface area contributed by atoms with E-state index in [1.54, 1.807) is 16.7 Å². The molecule has 38 heavy (non-hydrogen) atoms. The molecule has 204 valence electrons. The first-order valence-corrected chi connectivity index (χ1v) is 13.3. The molecule has 0 saturated carbocycles. The Labute approximate surface area is 225 Å². The number of hydrogen-bond acceptors (Lipinski definition) is 5. The summed E-state index contributed by atoms with van der Waals surface area (Å²) in [6.07, 6.45) is 11.3. The number of carbonyl (C=O) groups excluding carboxylic acids is 1. The second kappa shape index (κ2) is 12.5. The van der Waals surface area contributed by atoms with E-state index in [0.717, 1.165) is 43.0 Å². The highest BCUT2D eigenvalue weighted by atomic mass is 19.1. The van der Waals surface area contributed by atoms with Gasteiger partial charge < -0.3 is 19.4 Å². The van der Waals surface area contributed by atoms with Crippen LogP contribution in [0.5, 0.6) is 5.75 Å². The lowest BCUT2D eigenvalue weighted by molar-refractivity contribution is -0.122. The number of allylic oxidation sites excluding steroid dienone is 4. The molecule has 1 aromatic heterocycles. The van der Waals surface area contributed by atoms with Crippen molar-refractivity contribution in [1.29, 1.82) is 0 Å². The SMILES string of the molecule is C=C/C(=C\C=C(/C)c1cn(CC(=O)NC(C)C)c(-c2ccc(F)c(OC)c2)n1)CCN1C2CCC1COC2. The summed E-state index contributed by atoms with van der Waals surface area (Å²) in [4.78, 5) is 20.0. The van der Waals surface area contributed by atoms with Gasteiger partial charge in [-0.05, 0) is 69.4 Å². The summed E-state index contributed by atoms with van der Waals surface area (Å²) in [6.45, 7) is 12.6. The van der Waals surface area contributed by atoms with E-state index < -0.39 is 5.82 Å². The number of amides is 1. The lowest BCUT2D eigenvalue weighted by atomic mass is 10.1. The third kappa shape index (κ3) is 6.60. The van der Waals surface area contributed by atoms with Crippen LogP contribution in [-0.4, -0.2) is 65.4 Å². The van der Waals surface area contributed by atoms with Crippen molar-refractivity contribution in [3.8, 4) is 17.1 Å². The predicted octanol–water partition coefficient (Wildman–Crippen LogP) is 4.99. The van der Waals surface area contributed by atoms with Crippen molar-refractivity contribution in [2.45, 2.75) is 64.7 Å². The minimum absolute atomic E-state index is 0.0246. The van der Waals surface area contributed by atoms with Crippen molar-refractivity contribution in [3.63, 3.8) is 0 Å². The van der Waals surface area contributed by atoms with Crippen LogP contribution in [0.15, 0.2) is 54.8 Å². The fourth-order valence-electron chi connectivity index (χ4n) is 5.19. The Morgan fingerprint density at radius 3 is 2.68 bits per heavy atom. The number of hydrogen-bond donors (Lipinski definition) is 1. The van der Waals surface area contributed by atoms with Crippen LogP contribution in [0.4, 0.5) is 4.39 Å². The average molecular weight is 523 g/mol. The molecule has 0 aliphatic carbocycles. The lowest BCUT2D eigenvalue weighted by Gasteiger charge is -2.34. The number of carbonyl (C=O) groups is 1. The second-order valence-electron chi connectivity index (χ2n) is 10.4. The maximum atomic E-state index is 14.1. The predicted molar refractivity (Wildman–Crippen MR) is 148 cm³/mol. The molecule has 2 unspecified atom stereocenters. The van der Waals surface area contributed by atoms with Crippen molar-refractivity contribution in [1.82, 2.24) is 19.8 Å². The van der Waals surface area contributed by atoms with Crippen molar-refractivity contribution >= 4 is 11.5 Å². The topological polar surface area (TPSA) is 68.6 Å². The minimum Gasteiger partial charge on any atom is -0.494 e. The molecule has 7 nitrogen and oxygen atoms in total. The Bertz CT molecular complexity index is 1200. The van der Waals surface area contributed by atoms with E-state index in [2.05, 4.69) is 22.9 Å². The van der Waals surface area contributed by atoms with Crippen LogP contribution in [0.25, 0.3) is 17.0 Å². The zero-order chi connectivity index (χ0) is 27.2. The molecule has 2 fully saturated rings. The summed E-state index contributed by atoms with van der Waals surface area (Å²) in [5.74, 6) is 0.132. The van der Waals surface area contributed by atoms with E-state index in [-0.39, 0.29) is 24.2 Å². The van der Waals surface area contributed by atoms with Gasteiger partial charge in [0.1, 0.15) is 12.4 Å². The first kappa shape index (κ1) is 27.8. The molecule has 1 amide bonds. The Hall–Kier alpha value is -3.23. The fourth-order valence-corrected chi connectivity index (χ4v) is 5.19. The molecule has 0 radical (unpaired) electrons. The molecule has 2 aliphatic rings. The molecule has 2 atom stereocenters. The highest BCUT2D eigenvalue weighted by Gasteiger charge is 2.36. The van der Waals surface area contributed by atoms with Gasteiger partial charge >= 0.3 is 0 Å². The van der Waals surface area contributed by atoms with E-state index in [1.165, 1.54) is 26.0 Å². The molecule has 2 aliphatic heterocycles. The van der Waals surface area contributed by atoms with Crippen LogP contribution in [0.1, 0.15) is 45.7 Å². The highest BCUT2D eigenvalue weighted by Crippen LogP contribution is 2.30. The molecule has 3 heterocycles. The number of rotatable bonds is 11. The van der Waals surface area contributed by atoms with E-state index in [4.69, 9.17) is 14.5 Å². The normalized spacial score (nSPS) is 20.2. The van der Waals surface area contributed by atoms with Gasteiger partial charge in [-0.1, -0.05) is 24.8 Å². The second-order valence-corrected chi connectivity index (χ2v) is 10.4. The van der Waals surface area contributed by atoms with Gasteiger partial charge in [0.15, 0.2) is 11.6 Å². The summed E-state index contributed by atoms with van der Waals surface area (Å²) in [7, 11) is 1.43. The summed E-state index contributed by atoms with van der Waals surface area (Å²) in [5, 5.41) is 2.92. The largest absolute Gasteiger partial charge is 0.494 e. The van der Waals surface area contributed by atoms with Crippen LogP contribution in [0.3, 0.4) is 0 Å². The van der Waals surface area contributed by atoms with Crippen LogP contribution >= 0.6 is 0 Å². The van der Waals surface area contributed by atoms with Gasteiger partial charge in [0.05, 0.1) is 26.0 Å². The summed E-state index contributed by atoms with van der Waals surface area (Å²) >= 11 is 0. The molecule has 8 heteroatoms. The maximum Gasteiger partial charge on any atom is 0.240 e. The summed E-state index contributed by atoms with van der Waals surface area (Å²) in [6, 6.07) is 5.70. The van der Waals surface area contributed by atoms with E-state index in [0.29, 0.717) is 23.5 Å². The zero-order valence-electron chi connectivity index (χ0n) is 22.9. The average Bonchev–Trinajstić information content (AvgIpc) is 3.39. The number of nitrogens with one attached hydrogen (secondary N) is 1. The smallest absolute Gasteiger partial charge is 0.240 e. The van der Waals surface area contributed by atoms with E-state index in [9.17, 15) is 9.18 Å². The molecule has 2 saturated heterocycles. The lowest BCUT2D eigenvalue weighted by Crippen LogP contribution is -2.46. The van der Waals surface area contributed by atoms with Crippen LogP contribution < -0.4 is 10.1 Å². The van der Waals surface area contributed by atoms with Crippen molar-refractivity contribution in [2.24, 2.45) is 0 Å². The molecular weight excluding hydrogens is 483 g/mol. The van der Waals surface area contributed by atoms with Crippen molar-refractivity contribution in [2.75, 3.05) is 26.9 Å². The van der Waals surface area contributed by atoms with Gasteiger partial charge in [0.2, 0.25) is 5.91 Å². The minimum atomic E-state index is -0.449. The number of morpholine rings is 1. The number of ether oxygens (including phenoxy) is 2. The number of nitrogens with zero attached hydrogens (tertiary/aromatic N) is 3. The van der Waals surface area contributed by atoms with Crippen LogP contribution in [0, 0.1) is 5.82 Å². The third-order valence-corrected chi connectivity index (χ3v) is 7.21. The van der Waals surface area contributed by atoms with Crippen LogP contribution in [-0.2, 0) is 16.1 Å². The van der Waals surface area contributed by atoms with Gasteiger partial charge in [0.25, 0.3) is 0 Å². The molecular formula is C30H39FN4O3. The fraction of sp³-hybridized carbons (Fsp3) is 0.467. The van der Waals surface area contributed by atoms with Gasteiger partial charge in [-0.25, -0.2) is 9.37 Å². The Kier molecular flexibility index (Phi) is 9.17. The highest BCUT2D eigenvalue weighted by molar-refractivity contribution is 5.77. The molecule has 2 aromatic rings. The van der Waals surface area contributed by atoms with E-state index >= 15 is 0 Å². The van der Waals surface area contributed by atoms with Gasteiger partial charge in [-0.3, -0.25) is 9.69 Å². The summed E-state index contributed by atoms with van der Waals surface area (Å²) in [5.41, 5.74) is 3.53. The van der Waals surface area contributed by atoms with Crippen LogP contribution in [0.2, 0.25) is 0 Å². The zero-order valence-corrected chi connectivity index (χ0v) is 22.9. The number of methoxy groups -OCH3 is 1. The Balaban J connectivity index is 1.55. The summed E-state index contributed by atoms with van der Waals surface area (Å²) < 4.78 is 26.7. The molecule has 4 rings (SSSR count). The quantitative estimate of drug-likeness (QED) is 0.421. The number of fused-ring (bicyclic) bond motifs is 2. The molecule has 1 aromatic carbocycles. The van der Waals surface area contributed by atoms with Gasteiger partial charge in [-0.15, -0.1) is 0 Å². The molecule has 1 N–H and O–H groups in total. The maximum absolute atomic E-state index is 14.1.